The Kier molecular flexibility index (Phi) is 36.5. The van der Waals surface area contributed by atoms with Gasteiger partial charge < -0.3 is 9.64 Å². The third-order valence-corrected chi connectivity index (χ3v) is 8.83. The minimum atomic E-state index is 0.0592. The Morgan fingerprint density at radius 1 is 0.500 bits per heavy atom. The van der Waals surface area contributed by atoms with Crippen LogP contribution < -0.4 is 0 Å². The van der Waals surface area contributed by atoms with Gasteiger partial charge in [-0.1, -0.05) is 152 Å². The summed E-state index contributed by atoms with van der Waals surface area (Å²) in [5.74, 6) is 0.153. The summed E-state index contributed by atoms with van der Waals surface area (Å²) in [7, 11) is 4.14. The van der Waals surface area contributed by atoms with Gasteiger partial charge in [-0.2, -0.15) is 0 Å². The highest BCUT2D eigenvalue weighted by molar-refractivity contribution is 5.72. The van der Waals surface area contributed by atoms with Crippen molar-refractivity contribution in [3.05, 3.63) is 48.6 Å². The van der Waals surface area contributed by atoms with Crippen molar-refractivity contribution in [3.63, 3.8) is 0 Å². The molecule has 3 heteroatoms. The van der Waals surface area contributed by atoms with Crippen LogP contribution in [0.3, 0.4) is 0 Å². The van der Waals surface area contributed by atoms with Gasteiger partial charge >= 0.3 is 5.97 Å². The molecule has 0 aromatic rings. The molecule has 0 bridgehead atoms. The van der Waals surface area contributed by atoms with Gasteiger partial charge in [-0.15, -0.1) is 0 Å². The molecule has 0 heterocycles. The lowest BCUT2D eigenvalue weighted by Crippen LogP contribution is -2.21. The first kappa shape index (κ1) is 44.4. The van der Waals surface area contributed by atoms with E-state index in [4.69, 9.17) is 4.74 Å². The maximum absolute atomic E-state index is 12.9. The van der Waals surface area contributed by atoms with E-state index in [0.717, 1.165) is 51.5 Å². The number of hydrogen-bond acceptors (Lipinski definition) is 3. The zero-order valence-electron chi connectivity index (χ0n) is 31.5. The number of unbranched alkanes of at least 4 members (excludes halogenated alkanes) is 18. The molecule has 0 aliphatic rings. The monoisotopic (exact) mass is 642 g/mol. The van der Waals surface area contributed by atoms with Gasteiger partial charge in [-0.05, 0) is 97.6 Å². The zero-order valence-corrected chi connectivity index (χ0v) is 31.5. The molecule has 0 amide bonds. The lowest BCUT2D eigenvalue weighted by molar-refractivity contribution is -0.149. The molecule has 0 aliphatic heterocycles. The lowest BCUT2D eigenvalue weighted by Gasteiger charge is -2.17. The van der Waals surface area contributed by atoms with Crippen LogP contribution in [0.2, 0.25) is 0 Å². The third kappa shape index (κ3) is 35.2. The topological polar surface area (TPSA) is 29.5 Å². The maximum atomic E-state index is 12.9. The predicted molar refractivity (Wildman–Crippen MR) is 206 cm³/mol. The number of nitrogens with zero attached hydrogens (tertiary/aromatic N) is 1. The molecule has 0 N–H and O–H groups in total. The van der Waals surface area contributed by atoms with Crippen molar-refractivity contribution in [1.82, 2.24) is 4.90 Å². The van der Waals surface area contributed by atoms with Crippen LogP contribution >= 0.6 is 0 Å². The van der Waals surface area contributed by atoms with Gasteiger partial charge in [0, 0.05) is 6.54 Å². The molecule has 0 rings (SSSR count). The molecular weight excluding hydrogens is 562 g/mol. The average molecular weight is 642 g/mol. The summed E-state index contributed by atoms with van der Waals surface area (Å²) >= 11 is 0. The normalized spacial score (nSPS) is 12.4. The van der Waals surface area contributed by atoms with Gasteiger partial charge in [0.25, 0.3) is 0 Å². The fourth-order valence-electron chi connectivity index (χ4n) is 5.81. The zero-order chi connectivity index (χ0) is 33.6. The molecule has 0 aliphatic carbocycles. The molecule has 0 aromatic heterocycles. The number of rotatable bonds is 35. The summed E-state index contributed by atoms with van der Waals surface area (Å²) < 4.78 is 5.73. The Morgan fingerprint density at radius 3 is 1.26 bits per heavy atom. The van der Waals surface area contributed by atoms with Gasteiger partial charge in [-0.25, -0.2) is 0 Å². The van der Waals surface area contributed by atoms with E-state index in [2.05, 4.69) is 81.5 Å². The first-order valence-electron chi connectivity index (χ1n) is 20.0. The van der Waals surface area contributed by atoms with E-state index >= 15 is 0 Å². The van der Waals surface area contributed by atoms with Crippen molar-refractivity contribution in [2.45, 2.75) is 187 Å². The molecule has 0 fully saturated rings. The summed E-state index contributed by atoms with van der Waals surface area (Å²) in [4.78, 5) is 15.1. The molecular formula is C43H79NO2. The summed E-state index contributed by atoms with van der Waals surface area (Å²) in [6.07, 6.45) is 51.9. The van der Waals surface area contributed by atoms with E-state index in [-0.39, 0.29) is 11.9 Å². The minimum Gasteiger partial charge on any atom is -0.465 e. The van der Waals surface area contributed by atoms with Crippen LogP contribution in [0, 0.1) is 5.92 Å². The maximum Gasteiger partial charge on any atom is 0.308 e. The highest BCUT2D eigenvalue weighted by Crippen LogP contribution is 2.21. The molecule has 0 unspecified atom stereocenters. The Balaban J connectivity index is 4.03. The van der Waals surface area contributed by atoms with Crippen LogP contribution in [0.15, 0.2) is 48.6 Å². The number of carbonyl (C=O) groups excluding carboxylic acids is 1. The fraction of sp³-hybridized carbons (Fsp3) is 0.791. The quantitative estimate of drug-likeness (QED) is 0.0392. The second kappa shape index (κ2) is 37.8. The Bertz CT molecular complexity index is 687. The molecule has 0 atom stereocenters. The predicted octanol–water partition coefficient (Wildman–Crippen LogP) is 13.5. The number of carbonyl (C=O) groups is 1. The van der Waals surface area contributed by atoms with Crippen LogP contribution in [-0.2, 0) is 9.53 Å². The summed E-state index contributed by atoms with van der Waals surface area (Å²) in [6.45, 7) is 6.05. The van der Waals surface area contributed by atoms with E-state index in [1.54, 1.807) is 0 Å². The first-order valence-corrected chi connectivity index (χ1v) is 20.0. The van der Waals surface area contributed by atoms with Crippen LogP contribution in [0.1, 0.15) is 187 Å². The van der Waals surface area contributed by atoms with Gasteiger partial charge in [0.1, 0.15) is 0 Å². The molecule has 0 saturated heterocycles. The lowest BCUT2D eigenvalue weighted by atomic mass is 9.94. The highest BCUT2D eigenvalue weighted by atomic mass is 16.5. The molecule has 0 saturated carbocycles. The van der Waals surface area contributed by atoms with Gasteiger partial charge in [0.15, 0.2) is 0 Å². The highest BCUT2D eigenvalue weighted by Gasteiger charge is 2.19. The van der Waals surface area contributed by atoms with Gasteiger partial charge in [0.2, 0.25) is 0 Å². The second-order valence-corrected chi connectivity index (χ2v) is 13.8. The molecule has 3 nitrogen and oxygen atoms in total. The Labute approximate surface area is 288 Å². The van der Waals surface area contributed by atoms with E-state index in [1.165, 1.54) is 128 Å². The van der Waals surface area contributed by atoms with Crippen molar-refractivity contribution in [3.8, 4) is 0 Å². The van der Waals surface area contributed by atoms with Crippen molar-refractivity contribution in [1.29, 1.82) is 0 Å². The standard InChI is InChI=1S/C43H79NO2/c1-5-7-9-11-13-15-17-19-21-23-25-27-29-31-33-35-38-42(43(45)46-41-37-40-44(3)4)39-36-34-32-30-28-26-24-22-20-18-16-14-12-10-8-6-2/h13-16,19-22,42H,5-12,17-18,23-41H2,1-4H3/b15-13-,16-14-,21-19-,22-20-. The SMILES string of the molecule is CCCCC/C=C\C/C=C\CCCCCCCCC(CCCCCCCC/C=C\C/C=C\CCCCC)C(=O)OCCCN(C)C. The molecule has 0 spiro atoms. The van der Waals surface area contributed by atoms with E-state index in [9.17, 15) is 4.79 Å². The van der Waals surface area contributed by atoms with Crippen molar-refractivity contribution in [2.24, 2.45) is 5.92 Å². The van der Waals surface area contributed by atoms with Crippen LogP contribution in [0.25, 0.3) is 0 Å². The number of esters is 1. The van der Waals surface area contributed by atoms with Crippen LogP contribution in [0.5, 0.6) is 0 Å². The Morgan fingerprint density at radius 2 is 0.870 bits per heavy atom. The van der Waals surface area contributed by atoms with Crippen molar-refractivity contribution >= 4 is 5.97 Å². The largest absolute Gasteiger partial charge is 0.465 e. The third-order valence-electron chi connectivity index (χ3n) is 8.83. The Hall–Kier alpha value is -1.61. The number of allylic oxidation sites excluding steroid dienone is 8. The molecule has 268 valence electrons. The summed E-state index contributed by atoms with van der Waals surface area (Å²) in [6, 6.07) is 0. The summed E-state index contributed by atoms with van der Waals surface area (Å²) in [5.41, 5.74) is 0. The molecule has 0 aromatic carbocycles. The minimum absolute atomic E-state index is 0.0592. The molecule has 0 radical (unpaired) electrons. The van der Waals surface area contributed by atoms with Crippen molar-refractivity contribution < 1.29 is 9.53 Å². The first-order chi connectivity index (χ1) is 22.6. The molecule has 46 heavy (non-hydrogen) atoms. The van der Waals surface area contributed by atoms with Gasteiger partial charge in [0.05, 0.1) is 12.5 Å². The van der Waals surface area contributed by atoms with Crippen LogP contribution in [0.4, 0.5) is 0 Å². The van der Waals surface area contributed by atoms with E-state index in [0.29, 0.717) is 6.61 Å². The van der Waals surface area contributed by atoms with Gasteiger partial charge in [-0.3, -0.25) is 4.79 Å². The van der Waals surface area contributed by atoms with Crippen molar-refractivity contribution in [2.75, 3.05) is 27.2 Å². The second-order valence-electron chi connectivity index (χ2n) is 13.8. The average Bonchev–Trinajstić information content (AvgIpc) is 3.05. The van der Waals surface area contributed by atoms with E-state index in [1.807, 2.05) is 0 Å². The summed E-state index contributed by atoms with van der Waals surface area (Å²) in [5, 5.41) is 0. The smallest absolute Gasteiger partial charge is 0.308 e. The number of hydrogen-bond donors (Lipinski definition) is 0. The fourth-order valence-corrected chi connectivity index (χ4v) is 5.81. The van der Waals surface area contributed by atoms with E-state index < -0.39 is 0 Å². The van der Waals surface area contributed by atoms with Crippen LogP contribution in [-0.4, -0.2) is 38.1 Å². The number of ether oxygens (including phenoxy) is 1.